The molecule has 0 aliphatic heterocycles. The Balaban J connectivity index is 1.83. The van der Waals surface area contributed by atoms with Crippen molar-refractivity contribution in [2.45, 2.75) is 12.7 Å². The zero-order valence-corrected chi connectivity index (χ0v) is 16.3. The fraction of sp³-hybridized carbons (Fsp3) is 0.100. The van der Waals surface area contributed by atoms with Gasteiger partial charge in [0.15, 0.2) is 17.8 Å². The number of benzene rings is 2. The minimum atomic E-state index is -2.08. The highest BCUT2D eigenvalue weighted by molar-refractivity contribution is 5.84. The molecule has 1 unspecified atom stereocenters. The van der Waals surface area contributed by atoms with E-state index in [9.17, 15) is 13.6 Å². The van der Waals surface area contributed by atoms with Crippen LogP contribution in [0.25, 0.3) is 16.9 Å². The summed E-state index contributed by atoms with van der Waals surface area (Å²) >= 11 is 0. The van der Waals surface area contributed by atoms with Gasteiger partial charge in [-0.1, -0.05) is 30.3 Å². The quantitative estimate of drug-likeness (QED) is 0.371. The van der Waals surface area contributed by atoms with Crippen molar-refractivity contribution in [3.8, 4) is 5.95 Å². The van der Waals surface area contributed by atoms with Gasteiger partial charge in [-0.2, -0.15) is 19.7 Å². The Morgan fingerprint density at radius 3 is 2.47 bits per heavy atom. The summed E-state index contributed by atoms with van der Waals surface area (Å²) in [6, 6.07) is 9.70. The molecule has 2 aromatic heterocycles. The molecule has 32 heavy (non-hydrogen) atoms. The zero-order valence-electron chi connectivity index (χ0n) is 16.3. The van der Waals surface area contributed by atoms with Crippen LogP contribution in [-0.4, -0.2) is 30.9 Å². The Morgan fingerprint density at radius 2 is 1.78 bits per heavy atom. The van der Waals surface area contributed by atoms with E-state index in [2.05, 4.69) is 20.4 Å². The maximum Gasteiger partial charge on any atom is 0.404 e. The van der Waals surface area contributed by atoms with Crippen LogP contribution in [0, 0.1) is 11.6 Å². The first-order valence-corrected chi connectivity index (χ1v) is 9.22. The van der Waals surface area contributed by atoms with Crippen LogP contribution in [0.2, 0.25) is 0 Å². The predicted molar refractivity (Wildman–Crippen MR) is 110 cm³/mol. The van der Waals surface area contributed by atoms with Gasteiger partial charge in [0, 0.05) is 10.9 Å². The molecule has 0 radical (unpaired) electrons. The number of nitrogen functional groups attached to an aromatic ring is 2. The standard InChI is InChI=1S/C20H16F3N7O2/c21-12-6-3-5-10(14(12)22)15(23)16-9-4-1-2-7-13(9)30(29-16)19-27-17(24)11(18(25)28-19)8-26-20(31)32/h1-7,15,26H,8H2,(H,31,32)(H4,24,25,27,28). The summed E-state index contributed by atoms with van der Waals surface area (Å²) in [6.45, 7) is -0.218. The summed E-state index contributed by atoms with van der Waals surface area (Å²) in [5.74, 6) is -2.79. The average molecular weight is 443 g/mol. The van der Waals surface area contributed by atoms with Gasteiger partial charge < -0.3 is 21.9 Å². The van der Waals surface area contributed by atoms with Crippen LogP contribution in [0.3, 0.4) is 0 Å². The van der Waals surface area contributed by atoms with Crippen molar-refractivity contribution in [2.24, 2.45) is 0 Å². The first kappa shape index (κ1) is 20.9. The van der Waals surface area contributed by atoms with E-state index < -0.39 is 29.5 Å². The van der Waals surface area contributed by atoms with Gasteiger partial charge >= 0.3 is 6.09 Å². The molecule has 12 heteroatoms. The third-order valence-electron chi connectivity index (χ3n) is 4.78. The number of carbonyl (C=O) groups is 1. The highest BCUT2D eigenvalue weighted by Crippen LogP contribution is 2.34. The average Bonchev–Trinajstić information content (AvgIpc) is 3.14. The molecule has 2 aromatic carbocycles. The number of nitrogens with two attached hydrogens (primary N) is 2. The third-order valence-corrected chi connectivity index (χ3v) is 4.78. The van der Waals surface area contributed by atoms with Crippen molar-refractivity contribution in [1.29, 1.82) is 0 Å². The molecule has 0 aliphatic rings. The van der Waals surface area contributed by atoms with Gasteiger partial charge in [0.2, 0.25) is 0 Å². The van der Waals surface area contributed by atoms with Gasteiger partial charge in [0.05, 0.1) is 17.6 Å². The predicted octanol–water partition coefficient (Wildman–Crippen LogP) is 3.08. The topological polar surface area (TPSA) is 145 Å². The van der Waals surface area contributed by atoms with Crippen LogP contribution in [-0.2, 0) is 6.54 Å². The summed E-state index contributed by atoms with van der Waals surface area (Å²) in [7, 11) is 0. The number of rotatable bonds is 5. The summed E-state index contributed by atoms with van der Waals surface area (Å²) in [5.41, 5.74) is 11.7. The molecule has 0 aliphatic carbocycles. The molecule has 9 nitrogen and oxygen atoms in total. The molecule has 0 spiro atoms. The molecular formula is C20H16F3N7O2. The summed E-state index contributed by atoms with van der Waals surface area (Å²) < 4.78 is 44.3. The second kappa shape index (κ2) is 8.06. The Hall–Kier alpha value is -4.35. The van der Waals surface area contributed by atoms with E-state index in [1.807, 2.05) is 0 Å². The van der Waals surface area contributed by atoms with Crippen molar-refractivity contribution in [1.82, 2.24) is 25.1 Å². The lowest BCUT2D eigenvalue weighted by atomic mass is 10.0. The van der Waals surface area contributed by atoms with Gasteiger partial charge in [-0.15, -0.1) is 0 Å². The first-order chi connectivity index (χ1) is 15.3. The number of carboxylic acid groups (broad SMARTS) is 1. The largest absolute Gasteiger partial charge is 0.465 e. The Kier molecular flexibility index (Phi) is 5.26. The number of aromatic nitrogens is 4. The van der Waals surface area contributed by atoms with E-state index in [1.165, 1.54) is 10.7 Å². The molecule has 0 saturated heterocycles. The molecule has 4 rings (SSSR count). The number of alkyl halides is 1. The van der Waals surface area contributed by atoms with Crippen LogP contribution >= 0.6 is 0 Å². The number of amides is 1. The lowest BCUT2D eigenvalue weighted by Crippen LogP contribution is -2.23. The zero-order chi connectivity index (χ0) is 23.0. The van der Waals surface area contributed by atoms with E-state index in [-0.39, 0.29) is 35.4 Å². The van der Waals surface area contributed by atoms with Gasteiger partial charge in [-0.25, -0.2) is 18.0 Å². The molecule has 4 aromatic rings. The number of para-hydroxylation sites is 1. The molecule has 0 fully saturated rings. The van der Waals surface area contributed by atoms with Crippen molar-refractivity contribution in [3.05, 3.63) is 70.9 Å². The second-order valence-electron chi connectivity index (χ2n) is 6.75. The lowest BCUT2D eigenvalue weighted by Gasteiger charge is -2.10. The van der Waals surface area contributed by atoms with E-state index in [0.29, 0.717) is 10.9 Å². The van der Waals surface area contributed by atoms with E-state index in [0.717, 1.165) is 12.1 Å². The van der Waals surface area contributed by atoms with Gasteiger partial charge in [-0.05, 0) is 12.1 Å². The minimum absolute atomic E-state index is 0.102. The maximum atomic E-state index is 15.3. The third kappa shape index (κ3) is 3.62. The number of anilines is 2. The summed E-state index contributed by atoms with van der Waals surface area (Å²) in [4.78, 5) is 18.9. The van der Waals surface area contributed by atoms with Gasteiger partial charge in [0.25, 0.3) is 5.95 Å². The monoisotopic (exact) mass is 443 g/mol. The smallest absolute Gasteiger partial charge is 0.404 e. The minimum Gasteiger partial charge on any atom is -0.465 e. The number of nitrogens with one attached hydrogen (secondary N) is 1. The molecule has 0 bridgehead atoms. The molecule has 6 N–H and O–H groups in total. The molecule has 2 heterocycles. The number of fused-ring (bicyclic) bond motifs is 1. The van der Waals surface area contributed by atoms with E-state index >= 15 is 4.39 Å². The van der Waals surface area contributed by atoms with Crippen LogP contribution < -0.4 is 16.8 Å². The molecule has 164 valence electrons. The van der Waals surface area contributed by atoms with Crippen LogP contribution in [0.1, 0.15) is 23.0 Å². The van der Waals surface area contributed by atoms with Gasteiger partial charge in [0.1, 0.15) is 17.3 Å². The van der Waals surface area contributed by atoms with Crippen molar-refractivity contribution < 1.29 is 23.1 Å². The number of nitrogens with zero attached hydrogens (tertiary/aromatic N) is 4. The van der Waals surface area contributed by atoms with Crippen molar-refractivity contribution in [3.63, 3.8) is 0 Å². The summed E-state index contributed by atoms with van der Waals surface area (Å²) in [5, 5.41) is 15.4. The van der Waals surface area contributed by atoms with Crippen LogP contribution in [0.15, 0.2) is 42.5 Å². The van der Waals surface area contributed by atoms with Crippen LogP contribution in [0.5, 0.6) is 0 Å². The fourth-order valence-electron chi connectivity index (χ4n) is 3.24. The first-order valence-electron chi connectivity index (χ1n) is 9.22. The number of hydrogen-bond donors (Lipinski definition) is 4. The highest BCUT2D eigenvalue weighted by Gasteiger charge is 2.26. The van der Waals surface area contributed by atoms with Crippen molar-refractivity contribution >= 4 is 28.6 Å². The van der Waals surface area contributed by atoms with Gasteiger partial charge in [-0.3, -0.25) is 0 Å². The summed E-state index contributed by atoms with van der Waals surface area (Å²) in [6.07, 6.45) is -3.36. The Bertz CT molecular complexity index is 1320. The molecular weight excluding hydrogens is 427 g/mol. The van der Waals surface area contributed by atoms with E-state index in [1.54, 1.807) is 24.3 Å². The van der Waals surface area contributed by atoms with E-state index in [4.69, 9.17) is 16.6 Å². The molecule has 1 atom stereocenters. The van der Waals surface area contributed by atoms with Crippen molar-refractivity contribution in [2.75, 3.05) is 11.5 Å². The Labute approximate surface area is 178 Å². The normalized spacial score (nSPS) is 12.1. The SMILES string of the molecule is Nc1nc(-n2nc(C(F)c3cccc(F)c3F)c3ccccc32)nc(N)c1CNC(=O)O. The lowest BCUT2D eigenvalue weighted by molar-refractivity contribution is 0.194. The maximum absolute atomic E-state index is 15.3. The number of hydrogen-bond acceptors (Lipinski definition) is 6. The molecule has 1 amide bonds. The van der Waals surface area contributed by atoms with Crippen LogP contribution in [0.4, 0.5) is 29.6 Å². The molecule has 0 saturated carbocycles. The number of halogens is 3. The fourth-order valence-corrected chi connectivity index (χ4v) is 3.24. The Morgan fingerprint density at radius 1 is 1.09 bits per heavy atom. The highest BCUT2D eigenvalue weighted by atomic mass is 19.2. The second-order valence-corrected chi connectivity index (χ2v) is 6.75.